The van der Waals surface area contributed by atoms with E-state index in [0.29, 0.717) is 22.3 Å². The maximum absolute atomic E-state index is 12.3. The van der Waals surface area contributed by atoms with Crippen molar-refractivity contribution in [3.05, 3.63) is 48.0 Å². The molecular weight excluding hydrogens is 430 g/mol. The van der Waals surface area contributed by atoms with Crippen LogP contribution in [0, 0.1) is 0 Å². The first-order chi connectivity index (χ1) is 13.6. The molecule has 156 valence electrons. The molecule has 1 amide bonds. The molecular formula is C17H16F2N2O6S2. The highest BCUT2D eigenvalue weighted by molar-refractivity contribution is 7.99. The second-order valence-electron chi connectivity index (χ2n) is 5.43. The second-order valence-corrected chi connectivity index (χ2v) is 8.06. The van der Waals surface area contributed by atoms with Crippen molar-refractivity contribution in [3.8, 4) is 5.75 Å². The number of ether oxygens (including phenoxy) is 2. The van der Waals surface area contributed by atoms with Crippen LogP contribution in [0.3, 0.4) is 0 Å². The highest BCUT2D eigenvalue weighted by Crippen LogP contribution is 2.26. The molecule has 0 heterocycles. The molecule has 0 saturated heterocycles. The van der Waals surface area contributed by atoms with Gasteiger partial charge in [0.2, 0.25) is 10.0 Å². The molecule has 0 aromatic heterocycles. The molecule has 0 unspecified atom stereocenters. The minimum absolute atomic E-state index is 0.0370. The number of esters is 1. The number of hydrogen-bond donors (Lipinski definition) is 2. The number of sulfonamides is 1. The van der Waals surface area contributed by atoms with Crippen LogP contribution in [0.2, 0.25) is 0 Å². The third-order valence-electron chi connectivity index (χ3n) is 3.42. The van der Waals surface area contributed by atoms with E-state index >= 15 is 0 Å². The summed E-state index contributed by atoms with van der Waals surface area (Å²) >= 11 is 0.365. The molecule has 2 aromatic rings. The zero-order valence-electron chi connectivity index (χ0n) is 14.9. The molecule has 2 rings (SSSR count). The molecule has 0 spiro atoms. The highest BCUT2D eigenvalue weighted by Gasteiger charge is 2.19. The maximum Gasteiger partial charge on any atom is 0.342 e. The first kappa shape index (κ1) is 22.6. The van der Waals surface area contributed by atoms with E-state index in [2.05, 4.69) is 5.32 Å². The van der Waals surface area contributed by atoms with E-state index in [0.717, 1.165) is 12.1 Å². The average molecular weight is 446 g/mol. The summed E-state index contributed by atoms with van der Waals surface area (Å²) in [6, 6.07) is 9.02. The molecule has 29 heavy (non-hydrogen) atoms. The van der Waals surface area contributed by atoms with Gasteiger partial charge in [-0.25, -0.2) is 18.4 Å². The van der Waals surface area contributed by atoms with E-state index in [1.54, 1.807) is 0 Å². The first-order valence-electron chi connectivity index (χ1n) is 7.83. The summed E-state index contributed by atoms with van der Waals surface area (Å²) in [4.78, 5) is 24.1. The average Bonchev–Trinajstić information content (AvgIpc) is 2.66. The van der Waals surface area contributed by atoms with Gasteiger partial charge in [-0.2, -0.15) is 8.78 Å². The van der Waals surface area contributed by atoms with E-state index in [4.69, 9.17) is 14.6 Å². The van der Waals surface area contributed by atoms with Crippen LogP contribution >= 0.6 is 11.8 Å². The van der Waals surface area contributed by atoms with E-state index in [9.17, 15) is 26.8 Å². The third kappa shape index (κ3) is 6.69. The lowest BCUT2D eigenvalue weighted by molar-refractivity contribution is -0.119. The molecule has 0 aliphatic heterocycles. The Labute approximate surface area is 169 Å². The summed E-state index contributed by atoms with van der Waals surface area (Å²) in [7, 11) is -2.79. The van der Waals surface area contributed by atoms with Gasteiger partial charge in [0.05, 0.1) is 12.0 Å². The monoisotopic (exact) mass is 446 g/mol. The number of alkyl halides is 2. The van der Waals surface area contributed by atoms with Crippen LogP contribution in [-0.2, 0) is 19.6 Å². The van der Waals surface area contributed by atoms with Gasteiger partial charge in [-0.15, -0.1) is 0 Å². The van der Waals surface area contributed by atoms with Crippen molar-refractivity contribution in [2.24, 2.45) is 5.14 Å². The summed E-state index contributed by atoms with van der Waals surface area (Å²) in [6.45, 7) is -0.672. The lowest BCUT2D eigenvalue weighted by Crippen LogP contribution is -2.21. The summed E-state index contributed by atoms with van der Waals surface area (Å²) in [5, 5.41) is 7.47. The molecule has 0 radical (unpaired) electrons. The Bertz CT molecular complexity index is 997. The van der Waals surface area contributed by atoms with Crippen molar-refractivity contribution in [2.75, 3.05) is 19.0 Å². The van der Waals surface area contributed by atoms with E-state index in [1.165, 1.54) is 37.4 Å². The predicted molar refractivity (Wildman–Crippen MR) is 102 cm³/mol. The molecule has 0 aliphatic carbocycles. The Balaban J connectivity index is 2.00. The molecule has 8 nitrogen and oxygen atoms in total. The standard InChI is InChI=1S/C17H16F2N2O6S2/c1-26-14-7-6-12(29(20,24)25)8-13(14)16(23)27-9-15(22)21-10-2-4-11(5-3-10)28-17(18)19/h2-8,17H,9H2,1H3,(H,21,22)(H2,20,24,25). The van der Waals surface area contributed by atoms with Crippen molar-refractivity contribution in [1.82, 2.24) is 0 Å². The van der Waals surface area contributed by atoms with Gasteiger partial charge >= 0.3 is 5.97 Å². The van der Waals surface area contributed by atoms with Crippen LogP contribution in [0.25, 0.3) is 0 Å². The summed E-state index contributed by atoms with van der Waals surface area (Å²) < 4.78 is 57.3. The molecule has 12 heteroatoms. The van der Waals surface area contributed by atoms with Gasteiger partial charge in [0.25, 0.3) is 11.7 Å². The van der Waals surface area contributed by atoms with Crippen molar-refractivity contribution in [3.63, 3.8) is 0 Å². The molecule has 0 saturated carbocycles. The number of benzene rings is 2. The van der Waals surface area contributed by atoms with Crippen LogP contribution in [0.1, 0.15) is 10.4 Å². The molecule has 0 atom stereocenters. The number of primary sulfonamides is 1. The minimum Gasteiger partial charge on any atom is -0.496 e. The topological polar surface area (TPSA) is 125 Å². The van der Waals surface area contributed by atoms with E-state index in [-0.39, 0.29) is 16.2 Å². The van der Waals surface area contributed by atoms with Crippen LogP contribution in [0.5, 0.6) is 5.75 Å². The molecule has 0 bridgehead atoms. The number of nitrogens with one attached hydrogen (secondary N) is 1. The first-order valence-corrected chi connectivity index (χ1v) is 10.3. The number of methoxy groups -OCH3 is 1. The Morgan fingerprint density at radius 1 is 1.17 bits per heavy atom. The number of carbonyl (C=O) groups is 2. The smallest absolute Gasteiger partial charge is 0.342 e. The van der Waals surface area contributed by atoms with Crippen molar-refractivity contribution < 1.29 is 36.3 Å². The van der Waals surface area contributed by atoms with Gasteiger partial charge in [-0.05, 0) is 42.5 Å². The van der Waals surface area contributed by atoms with Gasteiger partial charge in [-0.3, -0.25) is 4.79 Å². The summed E-state index contributed by atoms with van der Waals surface area (Å²) in [5.41, 5.74) is 0.0960. The molecule has 0 fully saturated rings. The van der Waals surface area contributed by atoms with Gasteiger partial charge in [-0.1, -0.05) is 11.8 Å². The molecule has 3 N–H and O–H groups in total. The van der Waals surface area contributed by atoms with Crippen molar-refractivity contribution in [1.29, 1.82) is 0 Å². The summed E-state index contributed by atoms with van der Waals surface area (Å²) in [6.07, 6.45) is 0. The quantitative estimate of drug-likeness (QED) is 0.471. The number of anilines is 1. The van der Waals surface area contributed by atoms with Crippen LogP contribution in [-0.4, -0.2) is 39.8 Å². The van der Waals surface area contributed by atoms with Gasteiger partial charge in [0.15, 0.2) is 6.61 Å². The predicted octanol–water partition coefficient (Wildman–Crippen LogP) is 2.45. The largest absolute Gasteiger partial charge is 0.496 e. The zero-order valence-corrected chi connectivity index (χ0v) is 16.6. The number of amides is 1. The Morgan fingerprint density at radius 2 is 1.83 bits per heavy atom. The fraction of sp³-hybridized carbons (Fsp3) is 0.176. The van der Waals surface area contributed by atoms with E-state index in [1.807, 2.05) is 0 Å². The van der Waals surface area contributed by atoms with Gasteiger partial charge < -0.3 is 14.8 Å². The van der Waals surface area contributed by atoms with Crippen LogP contribution in [0.4, 0.5) is 14.5 Å². The van der Waals surface area contributed by atoms with Crippen molar-refractivity contribution >= 4 is 39.3 Å². The minimum atomic E-state index is -4.06. The van der Waals surface area contributed by atoms with Gasteiger partial charge in [0, 0.05) is 10.6 Å². The van der Waals surface area contributed by atoms with Crippen molar-refractivity contribution in [2.45, 2.75) is 15.5 Å². The molecule has 0 aliphatic rings. The lowest BCUT2D eigenvalue weighted by Gasteiger charge is -2.10. The molecule has 2 aromatic carbocycles. The normalized spacial score (nSPS) is 11.2. The Kier molecular flexibility index (Phi) is 7.53. The number of rotatable bonds is 8. The second kappa shape index (κ2) is 9.67. The SMILES string of the molecule is COc1ccc(S(N)(=O)=O)cc1C(=O)OCC(=O)Nc1ccc(SC(F)F)cc1. The van der Waals surface area contributed by atoms with Crippen LogP contribution < -0.4 is 15.2 Å². The zero-order chi connectivity index (χ0) is 21.6. The Morgan fingerprint density at radius 3 is 2.38 bits per heavy atom. The summed E-state index contributed by atoms with van der Waals surface area (Å²) in [5.74, 6) is -4.20. The Hall–Kier alpha value is -2.70. The highest BCUT2D eigenvalue weighted by atomic mass is 32.2. The van der Waals surface area contributed by atoms with E-state index < -0.39 is 34.3 Å². The number of carbonyl (C=O) groups excluding carboxylic acids is 2. The van der Waals surface area contributed by atoms with Crippen LogP contribution in [0.15, 0.2) is 52.3 Å². The maximum atomic E-state index is 12.3. The fourth-order valence-corrected chi connectivity index (χ4v) is 3.19. The number of hydrogen-bond acceptors (Lipinski definition) is 7. The number of halogens is 2. The fourth-order valence-electron chi connectivity index (χ4n) is 2.15. The lowest BCUT2D eigenvalue weighted by atomic mass is 10.2. The van der Waals surface area contributed by atoms with Gasteiger partial charge in [0.1, 0.15) is 11.3 Å². The third-order valence-corrected chi connectivity index (χ3v) is 5.05. The number of thioether (sulfide) groups is 1. The number of nitrogens with two attached hydrogens (primary N) is 1.